The lowest BCUT2D eigenvalue weighted by atomic mass is 10.1. The van der Waals surface area contributed by atoms with E-state index in [4.69, 9.17) is 16.6 Å². The van der Waals surface area contributed by atoms with E-state index in [9.17, 15) is 29.1 Å². The smallest absolute Gasteiger partial charge is 0.303 e. The van der Waals surface area contributed by atoms with Crippen LogP contribution in [0.5, 0.6) is 5.75 Å². The summed E-state index contributed by atoms with van der Waals surface area (Å²) in [4.78, 5) is 57.5. The molecule has 1 aromatic carbocycles. The topological polar surface area (TPSA) is 202 Å². The number of benzene rings is 1. The molecule has 0 heterocycles. The number of amides is 3. The van der Waals surface area contributed by atoms with Gasteiger partial charge in [-0.1, -0.05) is 12.1 Å². The first-order valence-corrected chi connectivity index (χ1v) is 8.64. The zero-order valence-electron chi connectivity index (χ0n) is 15.5. The summed E-state index contributed by atoms with van der Waals surface area (Å²) >= 11 is 0. The van der Waals surface area contributed by atoms with Crippen LogP contribution in [0.4, 0.5) is 0 Å². The lowest BCUT2D eigenvalue weighted by Crippen LogP contribution is -2.54. The zero-order valence-corrected chi connectivity index (χ0v) is 15.5. The van der Waals surface area contributed by atoms with Gasteiger partial charge in [0.15, 0.2) is 0 Å². The fourth-order valence-corrected chi connectivity index (χ4v) is 2.36. The van der Waals surface area contributed by atoms with Crippen LogP contribution in [0, 0.1) is 0 Å². The minimum atomic E-state index is -1.40. The summed E-state index contributed by atoms with van der Waals surface area (Å²) < 4.78 is 0. The number of hydrogen-bond donors (Lipinski definition) is 6. The van der Waals surface area contributed by atoms with Gasteiger partial charge < -0.3 is 32.3 Å². The minimum absolute atomic E-state index is 0.0351. The van der Waals surface area contributed by atoms with Gasteiger partial charge in [0, 0.05) is 12.8 Å². The molecule has 0 fully saturated rings. The third-order valence-corrected chi connectivity index (χ3v) is 3.88. The number of aromatic hydroxyl groups is 1. The fraction of sp³-hybridized carbons (Fsp3) is 0.389. The highest BCUT2D eigenvalue weighted by atomic mass is 16.4. The number of carbonyl (C=O) groups excluding carboxylic acids is 4. The molecule has 0 aliphatic carbocycles. The van der Waals surface area contributed by atoms with E-state index >= 15 is 0 Å². The van der Waals surface area contributed by atoms with Crippen molar-refractivity contribution < 1.29 is 34.2 Å². The average molecular weight is 407 g/mol. The molecule has 0 aliphatic rings. The Bertz CT molecular complexity index is 751. The van der Waals surface area contributed by atoms with E-state index < -0.39 is 48.2 Å². The van der Waals surface area contributed by atoms with E-state index in [2.05, 4.69) is 10.6 Å². The van der Waals surface area contributed by atoms with Crippen LogP contribution in [-0.2, 0) is 30.4 Å². The van der Waals surface area contributed by atoms with Gasteiger partial charge in [-0.05, 0) is 24.1 Å². The molecule has 0 unspecified atom stereocenters. The molecule has 1 aromatic rings. The number of hydrogen-bond acceptors (Lipinski definition) is 7. The Labute approximate surface area is 166 Å². The SMILES string of the molecule is NC(=O)C[C@H](NC(=O)[C@@H](N)CCC(=O)O)C(=O)N[C@H]([C]=O)Cc1ccc(O)cc1. The number of phenolic OH excluding ortho intramolecular Hbond substituents is 1. The summed E-state index contributed by atoms with van der Waals surface area (Å²) in [6.45, 7) is 0. The van der Waals surface area contributed by atoms with Crippen LogP contribution in [0.2, 0.25) is 0 Å². The zero-order chi connectivity index (χ0) is 22.0. The van der Waals surface area contributed by atoms with Gasteiger partial charge in [-0.3, -0.25) is 24.0 Å². The Morgan fingerprint density at radius 3 is 2.21 bits per heavy atom. The van der Waals surface area contributed by atoms with Gasteiger partial charge in [-0.25, -0.2) is 0 Å². The molecule has 3 atom stereocenters. The van der Waals surface area contributed by atoms with Crippen LogP contribution in [0.3, 0.4) is 0 Å². The third kappa shape index (κ3) is 8.84. The fourth-order valence-electron chi connectivity index (χ4n) is 2.36. The van der Waals surface area contributed by atoms with Crippen molar-refractivity contribution in [2.45, 2.75) is 43.8 Å². The van der Waals surface area contributed by atoms with Crippen molar-refractivity contribution in [2.75, 3.05) is 0 Å². The number of carboxylic acids is 1. The summed E-state index contributed by atoms with van der Waals surface area (Å²) in [5.74, 6) is -3.67. The van der Waals surface area contributed by atoms with E-state index in [1.54, 1.807) is 18.4 Å². The highest BCUT2D eigenvalue weighted by Gasteiger charge is 2.27. The second-order valence-corrected chi connectivity index (χ2v) is 6.32. The molecule has 157 valence electrons. The quantitative estimate of drug-likeness (QED) is 0.230. The molecule has 3 amide bonds. The Hall–Kier alpha value is -3.47. The van der Waals surface area contributed by atoms with Crippen LogP contribution in [-0.4, -0.2) is 58.3 Å². The maximum Gasteiger partial charge on any atom is 0.303 e. The Morgan fingerprint density at radius 2 is 1.69 bits per heavy atom. The van der Waals surface area contributed by atoms with Gasteiger partial charge in [-0.15, -0.1) is 0 Å². The maximum atomic E-state index is 12.4. The van der Waals surface area contributed by atoms with Crippen LogP contribution in [0.25, 0.3) is 0 Å². The first-order chi connectivity index (χ1) is 13.6. The molecule has 0 saturated carbocycles. The first kappa shape index (κ1) is 23.6. The van der Waals surface area contributed by atoms with Crippen molar-refractivity contribution in [3.05, 3.63) is 29.8 Å². The van der Waals surface area contributed by atoms with E-state index in [1.807, 2.05) is 0 Å². The molecular formula is C18H23N4O7. The molecule has 11 heteroatoms. The number of primary amides is 1. The maximum absolute atomic E-state index is 12.4. The Kier molecular flexibility index (Phi) is 9.26. The van der Waals surface area contributed by atoms with E-state index in [1.165, 1.54) is 12.1 Å². The van der Waals surface area contributed by atoms with Crippen LogP contribution in [0.15, 0.2) is 24.3 Å². The van der Waals surface area contributed by atoms with Crippen molar-refractivity contribution >= 4 is 30.0 Å². The van der Waals surface area contributed by atoms with Gasteiger partial charge in [-0.2, -0.15) is 0 Å². The normalized spacial score (nSPS) is 13.6. The predicted octanol–water partition coefficient (Wildman–Crippen LogP) is -1.92. The van der Waals surface area contributed by atoms with Gasteiger partial charge in [0.2, 0.25) is 24.0 Å². The van der Waals surface area contributed by atoms with Crippen molar-refractivity contribution in [2.24, 2.45) is 11.5 Å². The summed E-state index contributed by atoms with van der Waals surface area (Å²) in [7, 11) is 0. The number of carbonyl (C=O) groups is 4. The molecular weight excluding hydrogens is 384 g/mol. The van der Waals surface area contributed by atoms with Crippen molar-refractivity contribution in [1.82, 2.24) is 10.6 Å². The largest absolute Gasteiger partial charge is 0.508 e. The van der Waals surface area contributed by atoms with Crippen molar-refractivity contribution in [1.29, 1.82) is 0 Å². The van der Waals surface area contributed by atoms with Crippen LogP contribution in [0.1, 0.15) is 24.8 Å². The second-order valence-electron chi connectivity index (χ2n) is 6.32. The highest BCUT2D eigenvalue weighted by molar-refractivity contribution is 5.94. The van der Waals surface area contributed by atoms with E-state index in [0.29, 0.717) is 5.56 Å². The number of nitrogens with two attached hydrogens (primary N) is 2. The molecule has 0 spiro atoms. The van der Waals surface area contributed by atoms with Crippen LogP contribution >= 0.6 is 0 Å². The summed E-state index contributed by atoms with van der Waals surface area (Å²) in [5.41, 5.74) is 11.3. The average Bonchev–Trinajstić information content (AvgIpc) is 2.66. The summed E-state index contributed by atoms with van der Waals surface area (Å²) in [6.07, 6.45) is 0.643. The molecule has 1 rings (SSSR count). The lowest BCUT2D eigenvalue weighted by Gasteiger charge is -2.21. The third-order valence-electron chi connectivity index (χ3n) is 3.88. The number of aliphatic carboxylic acids is 1. The Morgan fingerprint density at radius 1 is 1.07 bits per heavy atom. The standard InChI is InChI=1S/C18H23N4O7/c19-13(5-6-16(26)27)17(28)22-14(8-15(20)25)18(29)21-11(9-23)7-10-1-3-12(24)4-2-10/h1-4,11,13-14,24H,5-8,19H2,(H2,20,25)(H,21,29)(H,22,28)(H,26,27)/t11-,13-,14-/m0/s1. The first-order valence-electron chi connectivity index (χ1n) is 8.64. The minimum Gasteiger partial charge on any atom is -0.508 e. The van der Waals surface area contributed by atoms with E-state index in [-0.39, 0.29) is 25.0 Å². The molecule has 11 nitrogen and oxygen atoms in total. The Balaban J connectivity index is 2.76. The van der Waals surface area contributed by atoms with Gasteiger partial charge in [0.1, 0.15) is 11.8 Å². The molecule has 8 N–H and O–H groups in total. The molecule has 0 aromatic heterocycles. The molecule has 0 saturated heterocycles. The van der Waals surface area contributed by atoms with Gasteiger partial charge >= 0.3 is 5.97 Å². The summed E-state index contributed by atoms with van der Waals surface area (Å²) in [5, 5.41) is 22.5. The molecule has 29 heavy (non-hydrogen) atoms. The second kappa shape index (κ2) is 11.4. The summed E-state index contributed by atoms with van der Waals surface area (Å²) in [6, 6.07) is 2.24. The highest BCUT2D eigenvalue weighted by Crippen LogP contribution is 2.11. The lowest BCUT2D eigenvalue weighted by molar-refractivity contribution is -0.137. The molecule has 1 radical (unpaired) electrons. The monoisotopic (exact) mass is 407 g/mol. The van der Waals surface area contributed by atoms with Crippen LogP contribution < -0.4 is 22.1 Å². The van der Waals surface area contributed by atoms with Gasteiger partial charge in [0.05, 0.1) is 18.5 Å². The molecule has 0 aliphatic heterocycles. The molecule has 0 bridgehead atoms. The van der Waals surface area contributed by atoms with Crippen molar-refractivity contribution in [3.63, 3.8) is 0 Å². The van der Waals surface area contributed by atoms with Gasteiger partial charge in [0.25, 0.3) is 0 Å². The number of phenols is 1. The number of carboxylic acid groups (broad SMARTS) is 1. The number of rotatable bonds is 12. The van der Waals surface area contributed by atoms with E-state index in [0.717, 1.165) is 0 Å². The number of nitrogens with one attached hydrogen (secondary N) is 2. The predicted molar refractivity (Wildman–Crippen MR) is 100 cm³/mol. The van der Waals surface area contributed by atoms with Crippen molar-refractivity contribution in [3.8, 4) is 5.75 Å².